The summed E-state index contributed by atoms with van der Waals surface area (Å²) >= 11 is 0. The van der Waals surface area contributed by atoms with Crippen molar-refractivity contribution < 1.29 is 0 Å². The van der Waals surface area contributed by atoms with Crippen LogP contribution in [0.3, 0.4) is 0 Å². The minimum Gasteiger partial charge on any atom is -0.343 e. The van der Waals surface area contributed by atoms with Gasteiger partial charge in [0, 0.05) is 29.8 Å². The summed E-state index contributed by atoms with van der Waals surface area (Å²) in [5.41, 5.74) is 6.98. The minimum atomic E-state index is 0.610. The molecule has 5 rings (SSSR count). The molecule has 1 saturated carbocycles. The van der Waals surface area contributed by atoms with Crippen molar-refractivity contribution in [2.45, 2.75) is 25.7 Å². The molecule has 0 amide bonds. The number of rotatable bonds is 3. The quantitative estimate of drug-likeness (QED) is 0.610. The zero-order valence-corrected chi connectivity index (χ0v) is 13.9. The minimum absolute atomic E-state index is 0.610. The molecule has 1 N–H and O–H groups in total. The van der Waals surface area contributed by atoms with E-state index in [1.807, 2.05) is 31.3 Å². The molecule has 5 nitrogen and oxygen atoms in total. The number of pyridine rings is 1. The van der Waals surface area contributed by atoms with Crippen molar-refractivity contribution in [2.75, 3.05) is 0 Å². The Morgan fingerprint density at radius 1 is 0.960 bits per heavy atom. The number of aromatic amines is 1. The Hall–Kier alpha value is -3.08. The highest BCUT2D eigenvalue weighted by molar-refractivity contribution is 5.93. The Balaban J connectivity index is 1.70. The average molecular weight is 327 g/mol. The van der Waals surface area contributed by atoms with Crippen LogP contribution in [0.15, 0.2) is 48.9 Å². The smallest absolute Gasteiger partial charge is 0.156 e. The van der Waals surface area contributed by atoms with Crippen LogP contribution in [0.1, 0.15) is 30.0 Å². The Morgan fingerprint density at radius 3 is 2.68 bits per heavy atom. The molecular weight excluding hydrogens is 310 g/mol. The average Bonchev–Trinajstić information content (AvgIpc) is 3.37. The largest absolute Gasteiger partial charge is 0.343 e. The predicted octanol–water partition coefficient (Wildman–Crippen LogP) is 4.27. The number of H-pyrrole nitrogens is 1. The lowest BCUT2D eigenvalue weighted by Gasteiger charge is -2.09. The van der Waals surface area contributed by atoms with Crippen LogP contribution in [-0.4, -0.2) is 24.9 Å². The van der Waals surface area contributed by atoms with Gasteiger partial charge >= 0.3 is 0 Å². The van der Waals surface area contributed by atoms with Crippen LogP contribution in [0, 0.1) is 6.92 Å². The van der Waals surface area contributed by atoms with Gasteiger partial charge in [0.25, 0.3) is 0 Å². The van der Waals surface area contributed by atoms with E-state index in [4.69, 9.17) is 4.98 Å². The van der Waals surface area contributed by atoms with Crippen molar-refractivity contribution in [1.82, 2.24) is 24.9 Å². The maximum absolute atomic E-state index is 4.83. The van der Waals surface area contributed by atoms with Crippen LogP contribution in [0.2, 0.25) is 0 Å². The lowest BCUT2D eigenvalue weighted by atomic mass is 9.99. The third kappa shape index (κ3) is 2.48. The number of fused-ring (bicyclic) bond motifs is 1. The molecule has 0 radical (unpaired) electrons. The SMILES string of the molecule is Cc1cccc(-c2nc(-c3c(C4CC4)ccc4nccnc34)c[nH]2)n1. The molecule has 3 heterocycles. The van der Waals surface area contributed by atoms with Crippen molar-refractivity contribution in [3.05, 3.63) is 60.2 Å². The second-order valence-electron chi connectivity index (χ2n) is 6.53. The number of imidazole rings is 1. The first-order valence-corrected chi connectivity index (χ1v) is 8.53. The molecule has 0 spiro atoms. The number of hydrogen-bond acceptors (Lipinski definition) is 4. The second kappa shape index (κ2) is 5.48. The van der Waals surface area contributed by atoms with Gasteiger partial charge in [0.1, 0.15) is 5.69 Å². The standard InChI is InChI=1S/C20H17N5/c1-12-3-2-4-16(24-12)20-23-11-17(25-20)18-14(13-5-6-13)7-8-15-19(18)22-10-9-21-15/h2-4,7-11,13H,5-6H2,1H3,(H,23,25). The fraction of sp³-hybridized carbons (Fsp3) is 0.200. The van der Waals surface area contributed by atoms with E-state index in [0.717, 1.165) is 39.5 Å². The van der Waals surface area contributed by atoms with E-state index in [0.29, 0.717) is 5.92 Å². The van der Waals surface area contributed by atoms with Gasteiger partial charge in [-0.2, -0.15) is 0 Å². The maximum atomic E-state index is 4.83. The molecule has 4 aromatic rings. The fourth-order valence-electron chi connectivity index (χ4n) is 3.31. The summed E-state index contributed by atoms with van der Waals surface area (Å²) in [6.07, 6.45) is 7.90. The van der Waals surface area contributed by atoms with Gasteiger partial charge in [-0.05, 0) is 49.4 Å². The summed E-state index contributed by atoms with van der Waals surface area (Å²) in [5.74, 6) is 1.39. The van der Waals surface area contributed by atoms with Gasteiger partial charge in [-0.25, -0.2) is 9.97 Å². The monoisotopic (exact) mass is 327 g/mol. The summed E-state index contributed by atoms with van der Waals surface area (Å²) in [7, 11) is 0. The van der Waals surface area contributed by atoms with E-state index in [1.54, 1.807) is 12.4 Å². The molecule has 122 valence electrons. The van der Waals surface area contributed by atoms with Crippen molar-refractivity contribution in [3.63, 3.8) is 0 Å². The predicted molar refractivity (Wildman–Crippen MR) is 97.1 cm³/mol. The summed E-state index contributed by atoms with van der Waals surface area (Å²) in [4.78, 5) is 21.7. The van der Waals surface area contributed by atoms with E-state index in [-0.39, 0.29) is 0 Å². The van der Waals surface area contributed by atoms with Gasteiger partial charge in [-0.1, -0.05) is 12.1 Å². The van der Waals surface area contributed by atoms with E-state index >= 15 is 0 Å². The first-order chi connectivity index (χ1) is 12.3. The Labute approximate surface area is 145 Å². The highest BCUT2D eigenvalue weighted by atomic mass is 14.9. The molecule has 0 unspecified atom stereocenters. The number of hydrogen-bond donors (Lipinski definition) is 1. The normalized spacial score (nSPS) is 14.1. The van der Waals surface area contributed by atoms with Crippen LogP contribution in [0.25, 0.3) is 33.8 Å². The van der Waals surface area contributed by atoms with E-state index < -0.39 is 0 Å². The maximum Gasteiger partial charge on any atom is 0.156 e. The van der Waals surface area contributed by atoms with E-state index in [2.05, 4.69) is 32.1 Å². The molecule has 0 atom stereocenters. The van der Waals surface area contributed by atoms with Crippen LogP contribution in [0.5, 0.6) is 0 Å². The van der Waals surface area contributed by atoms with Gasteiger partial charge in [0.15, 0.2) is 5.82 Å². The van der Waals surface area contributed by atoms with Crippen molar-refractivity contribution in [1.29, 1.82) is 0 Å². The van der Waals surface area contributed by atoms with Gasteiger partial charge < -0.3 is 4.98 Å². The molecule has 1 aromatic carbocycles. The van der Waals surface area contributed by atoms with Crippen LogP contribution >= 0.6 is 0 Å². The van der Waals surface area contributed by atoms with Gasteiger partial charge in [0.2, 0.25) is 0 Å². The van der Waals surface area contributed by atoms with E-state index in [9.17, 15) is 0 Å². The zero-order valence-electron chi connectivity index (χ0n) is 13.9. The highest BCUT2D eigenvalue weighted by Gasteiger charge is 2.28. The second-order valence-corrected chi connectivity index (χ2v) is 6.53. The summed E-state index contributed by atoms with van der Waals surface area (Å²) in [5, 5.41) is 0. The topological polar surface area (TPSA) is 67.3 Å². The summed E-state index contributed by atoms with van der Waals surface area (Å²) < 4.78 is 0. The number of benzene rings is 1. The molecule has 3 aromatic heterocycles. The summed E-state index contributed by atoms with van der Waals surface area (Å²) in [6, 6.07) is 10.2. The third-order valence-corrected chi connectivity index (χ3v) is 4.65. The molecule has 1 fully saturated rings. The molecule has 0 aliphatic heterocycles. The van der Waals surface area contributed by atoms with Crippen molar-refractivity contribution >= 4 is 11.0 Å². The Bertz CT molecular complexity index is 1080. The van der Waals surface area contributed by atoms with Crippen LogP contribution < -0.4 is 0 Å². The molecule has 1 aliphatic carbocycles. The van der Waals surface area contributed by atoms with Crippen molar-refractivity contribution in [3.8, 4) is 22.8 Å². The molecule has 25 heavy (non-hydrogen) atoms. The van der Waals surface area contributed by atoms with E-state index in [1.165, 1.54) is 18.4 Å². The zero-order chi connectivity index (χ0) is 16.8. The number of aromatic nitrogens is 5. The molecule has 0 saturated heterocycles. The summed E-state index contributed by atoms with van der Waals surface area (Å²) in [6.45, 7) is 1.98. The first-order valence-electron chi connectivity index (χ1n) is 8.53. The molecule has 5 heteroatoms. The van der Waals surface area contributed by atoms with Gasteiger partial charge in [-0.15, -0.1) is 0 Å². The van der Waals surface area contributed by atoms with Gasteiger partial charge in [-0.3, -0.25) is 9.97 Å². The van der Waals surface area contributed by atoms with Crippen LogP contribution in [-0.2, 0) is 0 Å². The number of nitrogens with zero attached hydrogens (tertiary/aromatic N) is 4. The first kappa shape index (κ1) is 14.3. The molecule has 1 aliphatic rings. The number of nitrogens with one attached hydrogen (secondary N) is 1. The fourth-order valence-corrected chi connectivity index (χ4v) is 3.31. The lowest BCUT2D eigenvalue weighted by molar-refractivity contribution is 1.12. The Kier molecular flexibility index (Phi) is 3.13. The number of aryl methyl sites for hydroxylation is 1. The molecule has 0 bridgehead atoms. The lowest BCUT2D eigenvalue weighted by Crippen LogP contribution is -1.94. The van der Waals surface area contributed by atoms with Gasteiger partial charge in [0.05, 0.1) is 16.7 Å². The van der Waals surface area contributed by atoms with Crippen LogP contribution in [0.4, 0.5) is 0 Å². The molecular formula is C20H17N5. The Morgan fingerprint density at radius 2 is 1.84 bits per heavy atom. The van der Waals surface area contributed by atoms with Crippen molar-refractivity contribution in [2.24, 2.45) is 0 Å². The third-order valence-electron chi connectivity index (χ3n) is 4.65. The highest BCUT2D eigenvalue weighted by Crippen LogP contribution is 2.45.